The van der Waals surface area contributed by atoms with Gasteiger partial charge in [0, 0.05) is 62.3 Å². The lowest BCUT2D eigenvalue weighted by Crippen LogP contribution is -2.45. The fourth-order valence-electron chi connectivity index (χ4n) is 4.16. The topological polar surface area (TPSA) is 90.4 Å². The van der Waals surface area contributed by atoms with Crippen LogP contribution in [0, 0.1) is 5.82 Å². The van der Waals surface area contributed by atoms with E-state index in [4.69, 9.17) is 46.4 Å². The number of halogens is 5. The Hall–Kier alpha value is -2.54. The molecule has 0 spiro atoms. The maximum absolute atomic E-state index is 14.9. The lowest BCUT2D eigenvalue weighted by atomic mass is 10.2. The maximum atomic E-state index is 14.9. The number of alkyl halides is 4. The third kappa shape index (κ3) is 6.66. The minimum atomic E-state index is -2.18. The molecule has 4 atom stereocenters. The fraction of sp³-hybridized carbons (Fsp3) is 0.222. The molecule has 0 aliphatic carbocycles. The predicted molar refractivity (Wildman–Crippen MR) is 168 cm³/mol. The molecule has 0 aromatic heterocycles. The normalized spacial score (nSPS) is 17.9. The zero-order chi connectivity index (χ0) is 30.9. The van der Waals surface area contributed by atoms with Gasteiger partial charge < -0.3 is 4.90 Å². The minimum Gasteiger partial charge on any atom is -0.317 e. The lowest BCUT2D eigenvalue weighted by molar-refractivity contribution is -0.119. The van der Waals surface area contributed by atoms with Crippen molar-refractivity contribution in [1.82, 2.24) is 4.90 Å². The van der Waals surface area contributed by atoms with E-state index in [1.165, 1.54) is 42.7 Å². The monoisotopic (exact) mass is 690 g/mol. The summed E-state index contributed by atoms with van der Waals surface area (Å²) in [7, 11) is -1.57. The zero-order valence-electron chi connectivity index (χ0n) is 22.2. The van der Waals surface area contributed by atoms with Crippen LogP contribution >= 0.6 is 46.4 Å². The Bertz CT molecular complexity index is 1560. The number of para-hydroxylation sites is 1. The number of imide groups is 1. The third-order valence-corrected chi connectivity index (χ3v) is 9.66. The quantitative estimate of drug-likeness (QED) is 0.206. The van der Waals surface area contributed by atoms with Gasteiger partial charge in [-0.15, -0.1) is 11.6 Å². The highest BCUT2D eigenvalue weighted by Gasteiger charge is 2.46. The molecule has 222 valence electrons. The average Bonchev–Trinajstić information content (AvgIpc) is 3.15. The van der Waals surface area contributed by atoms with Crippen molar-refractivity contribution < 1.29 is 22.4 Å². The van der Waals surface area contributed by atoms with E-state index in [2.05, 4.69) is 4.99 Å². The first-order valence-electron chi connectivity index (χ1n) is 12.0. The Kier molecular flexibility index (Phi) is 10.0. The Labute approximate surface area is 266 Å². The number of amides is 3. The fourth-order valence-corrected chi connectivity index (χ4v) is 5.78. The Balaban J connectivity index is 2.04. The van der Waals surface area contributed by atoms with Gasteiger partial charge in [0.15, 0.2) is 0 Å². The molecule has 4 rings (SSSR count). The summed E-state index contributed by atoms with van der Waals surface area (Å²) in [4.78, 5) is 35.1. The molecular weight excluding hydrogens is 669 g/mol. The molecule has 3 aromatic carbocycles. The number of anilines is 3. The summed E-state index contributed by atoms with van der Waals surface area (Å²) in [6.45, 7) is 0. The molecule has 0 saturated carbocycles. The summed E-state index contributed by atoms with van der Waals surface area (Å²) in [5.74, 6) is -2.11. The van der Waals surface area contributed by atoms with E-state index >= 15 is 0 Å². The van der Waals surface area contributed by atoms with Crippen LogP contribution in [-0.2, 0) is 26.4 Å². The second-order valence-corrected chi connectivity index (χ2v) is 14.6. The molecule has 15 heteroatoms. The van der Waals surface area contributed by atoms with Crippen LogP contribution in [0.4, 0.5) is 26.2 Å². The first-order chi connectivity index (χ1) is 19.7. The molecule has 1 aliphatic heterocycles. The largest absolute Gasteiger partial charge is 0.337 e. The van der Waals surface area contributed by atoms with Gasteiger partial charge in [0.05, 0.1) is 5.69 Å². The van der Waals surface area contributed by atoms with E-state index in [9.17, 15) is 22.4 Å². The number of benzene rings is 3. The van der Waals surface area contributed by atoms with Gasteiger partial charge in [-0.1, -0.05) is 59.1 Å². The minimum absolute atomic E-state index is 0.226. The number of urea groups is 1. The van der Waals surface area contributed by atoms with Crippen LogP contribution in [0.15, 0.2) is 87.6 Å². The van der Waals surface area contributed by atoms with Gasteiger partial charge in [0.2, 0.25) is 9.63 Å². The van der Waals surface area contributed by atoms with Crippen molar-refractivity contribution in [2.75, 3.05) is 29.4 Å². The van der Waals surface area contributed by atoms with Gasteiger partial charge in [-0.25, -0.2) is 19.1 Å². The molecule has 1 aliphatic rings. The Morgan fingerprint density at radius 2 is 1.40 bits per heavy atom. The number of rotatable bonds is 8. The molecule has 3 amide bonds. The van der Waals surface area contributed by atoms with Crippen molar-refractivity contribution in [3.8, 4) is 0 Å². The van der Waals surface area contributed by atoms with Crippen LogP contribution < -0.4 is 9.80 Å². The molecule has 1 saturated heterocycles. The van der Waals surface area contributed by atoms with Crippen LogP contribution in [0.2, 0.25) is 0 Å². The molecular formula is C27H23Cl4FN4O4S2. The van der Waals surface area contributed by atoms with Crippen LogP contribution in [0.1, 0.15) is 0 Å². The molecule has 0 bridgehead atoms. The Morgan fingerprint density at radius 3 is 1.88 bits per heavy atom. The smallest absolute Gasteiger partial charge is 0.317 e. The first kappa shape index (κ1) is 32.4. The van der Waals surface area contributed by atoms with Gasteiger partial charge in [-0.05, 0) is 48.5 Å². The molecule has 1 fully saturated rings. The second kappa shape index (κ2) is 13.0. The number of amidine groups is 1. The summed E-state index contributed by atoms with van der Waals surface area (Å²) < 4.78 is 37.5. The van der Waals surface area contributed by atoms with Gasteiger partial charge >= 0.3 is 6.03 Å². The van der Waals surface area contributed by atoms with Gasteiger partial charge in [0.1, 0.15) is 17.4 Å². The highest BCUT2D eigenvalue weighted by atomic mass is 35.6. The van der Waals surface area contributed by atoms with E-state index in [0.717, 1.165) is 15.9 Å². The van der Waals surface area contributed by atoms with E-state index in [-0.39, 0.29) is 5.69 Å². The number of carbonyl (C=O) groups is 2. The van der Waals surface area contributed by atoms with Crippen molar-refractivity contribution in [3.05, 3.63) is 78.6 Å². The van der Waals surface area contributed by atoms with Crippen molar-refractivity contribution in [2.45, 2.75) is 25.1 Å². The third-order valence-electron chi connectivity index (χ3n) is 6.23. The van der Waals surface area contributed by atoms with Gasteiger partial charge in [0.25, 0.3) is 5.91 Å². The van der Waals surface area contributed by atoms with Crippen molar-refractivity contribution in [2.24, 2.45) is 4.99 Å². The van der Waals surface area contributed by atoms with Crippen molar-refractivity contribution in [3.63, 3.8) is 0 Å². The zero-order valence-corrected chi connectivity index (χ0v) is 26.9. The van der Waals surface area contributed by atoms with E-state index in [0.29, 0.717) is 21.2 Å². The van der Waals surface area contributed by atoms with Gasteiger partial charge in [-0.3, -0.25) is 18.1 Å². The van der Waals surface area contributed by atoms with Crippen LogP contribution in [0.25, 0.3) is 0 Å². The summed E-state index contributed by atoms with van der Waals surface area (Å²) in [6, 6.07) is 17.6. The molecule has 0 N–H and O–H groups in total. The molecule has 8 nitrogen and oxygen atoms in total. The van der Waals surface area contributed by atoms with Crippen LogP contribution in [0.3, 0.4) is 0 Å². The van der Waals surface area contributed by atoms with Crippen LogP contribution in [-0.4, -0.2) is 66.0 Å². The van der Waals surface area contributed by atoms with Crippen LogP contribution in [0.5, 0.6) is 0 Å². The maximum Gasteiger partial charge on any atom is 0.337 e. The number of hydrogen-bond acceptors (Lipinski definition) is 6. The second-order valence-electron chi connectivity index (χ2n) is 9.02. The number of hydrogen-bond donors (Lipinski definition) is 0. The number of carbonyl (C=O) groups excluding carboxylic acids is 2. The summed E-state index contributed by atoms with van der Waals surface area (Å²) >= 11 is 25.6. The molecule has 42 heavy (non-hydrogen) atoms. The van der Waals surface area contributed by atoms with Gasteiger partial charge in [-0.2, -0.15) is 0 Å². The van der Waals surface area contributed by atoms with E-state index < -0.39 is 60.5 Å². The molecule has 0 radical (unpaired) electrons. The average molecular weight is 692 g/mol. The van der Waals surface area contributed by atoms with Crippen molar-refractivity contribution in [1.29, 1.82) is 0 Å². The molecule has 4 unspecified atom stereocenters. The highest BCUT2D eigenvalue weighted by molar-refractivity contribution is 7.84. The standard InChI is InChI=1S/C27H23Cl4FN4O4S2/c1-34-25(37)24(36(26(34)38)21-13-5-4-12-20(21)32)33-23(22(28)27(29,30)31)35(16-8-6-10-18(14-16)41(2)39)17-9-7-11-19(15-17)42(3)40/h4-15,22-23H,1-3H3. The highest BCUT2D eigenvalue weighted by Crippen LogP contribution is 2.42. The number of aliphatic imine (C=N–C) groups is 1. The summed E-state index contributed by atoms with van der Waals surface area (Å²) in [5, 5.41) is -1.49. The first-order valence-corrected chi connectivity index (χ1v) is 16.7. The van der Waals surface area contributed by atoms with E-state index in [1.54, 1.807) is 48.5 Å². The molecule has 1 heterocycles. The number of likely N-dealkylation sites (N-methyl/N-ethyl adjacent to an activating group) is 1. The van der Waals surface area contributed by atoms with E-state index in [1.807, 2.05) is 0 Å². The SMILES string of the molecule is CN1C(=O)C(=NC(C(Cl)C(Cl)(Cl)Cl)N(c2cccc(S(C)=O)c2)c2cccc(S(C)=O)c2)N(c2ccccc2F)C1=O. The lowest BCUT2D eigenvalue weighted by Gasteiger charge is -2.37. The summed E-state index contributed by atoms with van der Waals surface area (Å²) in [5.41, 5.74) is 0.521. The summed E-state index contributed by atoms with van der Waals surface area (Å²) in [6.07, 6.45) is 1.56. The number of nitrogens with zero attached hydrogens (tertiary/aromatic N) is 4. The Morgan fingerprint density at radius 1 is 0.881 bits per heavy atom. The van der Waals surface area contributed by atoms with Crippen molar-refractivity contribution >= 4 is 103 Å². The predicted octanol–water partition coefficient (Wildman–Crippen LogP) is 6.24. The molecule has 3 aromatic rings.